The van der Waals surface area contributed by atoms with E-state index in [1.807, 2.05) is 23.1 Å². The van der Waals surface area contributed by atoms with Crippen molar-refractivity contribution in [1.29, 1.82) is 0 Å². The second-order valence-electron chi connectivity index (χ2n) is 7.02. The van der Waals surface area contributed by atoms with E-state index in [1.165, 1.54) is 17.7 Å². The van der Waals surface area contributed by atoms with Crippen LogP contribution in [0.1, 0.15) is 21.7 Å². The minimum absolute atomic E-state index is 0.0857. The summed E-state index contributed by atoms with van der Waals surface area (Å²) in [5, 5.41) is 4.05. The van der Waals surface area contributed by atoms with Gasteiger partial charge < -0.3 is 9.42 Å². The molecule has 0 unspecified atom stereocenters. The van der Waals surface area contributed by atoms with Crippen LogP contribution in [0.3, 0.4) is 0 Å². The summed E-state index contributed by atoms with van der Waals surface area (Å²) in [5.41, 5.74) is 2.87. The molecule has 0 aliphatic carbocycles. The zero-order chi connectivity index (χ0) is 19.5. The number of amides is 1. The maximum Gasteiger partial charge on any atom is 0.259 e. The SMILES string of the molecule is Cc1onc(-c2ccc(F)cc2)c1C(=O)N1CCN(Cc2ccccc2)CC1. The van der Waals surface area contributed by atoms with Crippen molar-refractivity contribution in [3.8, 4) is 11.3 Å². The van der Waals surface area contributed by atoms with Crippen LogP contribution in [0.5, 0.6) is 0 Å². The number of hydrogen-bond donors (Lipinski definition) is 0. The molecule has 0 radical (unpaired) electrons. The largest absolute Gasteiger partial charge is 0.360 e. The number of halogens is 1. The standard InChI is InChI=1S/C22H22FN3O2/c1-16-20(21(24-28-16)18-7-9-19(23)10-8-18)22(27)26-13-11-25(12-14-26)15-17-5-3-2-4-6-17/h2-10H,11-15H2,1H3. The Hall–Kier alpha value is -2.99. The van der Waals surface area contributed by atoms with Crippen molar-refractivity contribution in [2.45, 2.75) is 13.5 Å². The van der Waals surface area contributed by atoms with Crippen LogP contribution in [0.2, 0.25) is 0 Å². The molecule has 2 heterocycles. The fraction of sp³-hybridized carbons (Fsp3) is 0.273. The van der Waals surface area contributed by atoms with Gasteiger partial charge in [0.15, 0.2) is 0 Å². The maximum atomic E-state index is 13.2. The quantitative estimate of drug-likeness (QED) is 0.693. The van der Waals surface area contributed by atoms with Gasteiger partial charge in [0.2, 0.25) is 0 Å². The Kier molecular flexibility index (Phi) is 5.21. The fourth-order valence-electron chi connectivity index (χ4n) is 3.54. The average Bonchev–Trinajstić information content (AvgIpc) is 3.11. The molecule has 4 rings (SSSR count). The molecule has 28 heavy (non-hydrogen) atoms. The van der Waals surface area contributed by atoms with Gasteiger partial charge in [-0.3, -0.25) is 9.69 Å². The minimum Gasteiger partial charge on any atom is -0.360 e. The number of benzene rings is 2. The summed E-state index contributed by atoms with van der Waals surface area (Å²) in [6, 6.07) is 16.3. The van der Waals surface area contributed by atoms with E-state index in [1.54, 1.807) is 19.1 Å². The van der Waals surface area contributed by atoms with Crippen molar-refractivity contribution < 1.29 is 13.7 Å². The predicted octanol–water partition coefficient (Wildman–Crippen LogP) is 3.75. The Balaban J connectivity index is 1.46. The highest BCUT2D eigenvalue weighted by atomic mass is 19.1. The lowest BCUT2D eigenvalue weighted by atomic mass is 10.0. The first kappa shape index (κ1) is 18.4. The van der Waals surface area contributed by atoms with Gasteiger partial charge in [-0.05, 0) is 36.8 Å². The lowest BCUT2D eigenvalue weighted by molar-refractivity contribution is 0.0627. The molecule has 0 bridgehead atoms. The van der Waals surface area contributed by atoms with Crippen molar-refractivity contribution in [1.82, 2.24) is 15.0 Å². The monoisotopic (exact) mass is 379 g/mol. The van der Waals surface area contributed by atoms with Gasteiger partial charge in [0.05, 0.1) is 0 Å². The molecule has 1 amide bonds. The third-order valence-corrected chi connectivity index (χ3v) is 5.10. The van der Waals surface area contributed by atoms with Crippen molar-refractivity contribution in [2.75, 3.05) is 26.2 Å². The summed E-state index contributed by atoms with van der Waals surface area (Å²) >= 11 is 0. The van der Waals surface area contributed by atoms with E-state index >= 15 is 0 Å². The maximum absolute atomic E-state index is 13.2. The highest BCUT2D eigenvalue weighted by Crippen LogP contribution is 2.27. The fourth-order valence-corrected chi connectivity index (χ4v) is 3.54. The molecule has 1 saturated heterocycles. The highest BCUT2D eigenvalue weighted by molar-refractivity contribution is 6.00. The first-order chi connectivity index (χ1) is 13.6. The molecular formula is C22H22FN3O2. The molecular weight excluding hydrogens is 357 g/mol. The van der Waals surface area contributed by atoms with E-state index in [-0.39, 0.29) is 11.7 Å². The van der Waals surface area contributed by atoms with Crippen molar-refractivity contribution in [3.05, 3.63) is 77.3 Å². The van der Waals surface area contributed by atoms with Crippen LogP contribution in [0.15, 0.2) is 59.1 Å². The molecule has 0 N–H and O–H groups in total. The predicted molar refractivity (Wildman–Crippen MR) is 104 cm³/mol. The summed E-state index contributed by atoms with van der Waals surface area (Å²) in [6.07, 6.45) is 0. The van der Waals surface area contributed by atoms with E-state index in [4.69, 9.17) is 4.52 Å². The molecule has 2 aromatic carbocycles. The molecule has 0 atom stereocenters. The number of hydrogen-bond acceptors (Lipinski definition) is 4. The van der Waals surface area contributed by atoms with Gasteiger partial charge in [-0.25, -0.2) is 4.39 Å². The van der Waals surface area contributed by atoms with Gasteiger partial charge >= 0.3 is 0 Å². The van der Waals surface area contributed by atoms with E-state index in [0.717, 1.165) is 19.6 Å². The summed E-state index contributed by atoms with van der Waals surface area (Å²) in [4.78, 5) is 17.3. The second kappa shape index (κ2) is 7.94. The van der Waals surface area contributed by atoms with Crippen LogP contribution in [0, 0.1) is 12.7 Å². The zero-order valence-corrected chi connectivity index (χ0v) is 15.8. The normalized spacial score (nSPS) is 15.0. The number of nitrogens with zero attached hydrogens (tertiary/aromatic N) is 3. The van der Waals surface area contributed by atoms with E-state index < -0.39 is 0 Å². The smallest absolute Gasteiger partial charge is 0.259 e. The number of carbonyl (C=O) groups excluding carboxylic acids is 1. The van der Waals surface area contributed by atoms with Gasteiger partial charge in [-0.1, -0.05) is 35.5 Å². The van der Waals surface area contributed by atoms with Crippen LogP contribution in [0.25, 0.3) is 11.3 Å². The van der Waals surface area contributed by atoms with Gasteiger partial charge in [-0.15, -0.1) is 0 Å². The first-order valence-electron chi connectivity index (χ1n) is 9.39. The molecule has 0 spiro atoms. The van der Waals surface area contributed by atoms with E-state index in [2.05, 4.69) is 22.2 Å². The Morgan fingerprint density at radius 2 is 1.71 bits per heavy atom. The van der Waals surface area contributed by atoms with E-state index in [0.29, 0.717) is 35.7 Å². The Morgan fingerprint density at radius 3 is 2.39 bits per heavy atom. The molecule has 3 aromatic rings. The molecule has 144 valence electrons. The molecule has 0 saturated carbocycles. The lowest BCUT2D eigenvalue weighted by Crippen LogP contribution is -2.48. The summed E-state index contributed by atoms with van der Waals surface area (Å²) in [6.45, 7) is 5.56. The average molecular weight is 379 g/mol. The third kappa shape index (κ3) is 3.82. The molecule has 1 fully saturated rings. The molecule has 5 nitrogen and oxygen atoms in total. The van der Waals surface area contributed by atoms with Crippen molar-refractivity contribution in [2.24, 2.45) is 0 Å². The van der Waals surface area contributed by atoms with Crippen LogP contribution >= 0.6 is 0 Å². The molecule has 1 aliphatic rings. The summed E-state index contributed by atoms with van der Waals surface area (Å²) < 4.78 is 18.5. The van der Waals surface area contributed by atoms with Crippen LogP contribution in [-0.2, 0) is 6.54 Å². The van der Waals surface area contributed by atoms with Gasteiger partial charge in [0, 0.05) is 38.3 Å². The Bertz CT molecular complexity index is 946. The third-order valence-electron chi connectivity index (χ3n) is 5.10. The lowest BCUT2D eigenvalue weighted by Gasteiger charge is -2.34. The highest BCUT2D eigenvalue weighted by Gasteiger charge is 2.28. The molecule has 1 aliphatic heterocycles. The first-order valence-corrected chi connectivity index (χ1v) is 9.39. The molecule has 1 aromatic heterocycles. The van der Waals surface area contributed by atoms with Crippen LogP contribution in [0.4, 0.5) is 4.39 Å². The number of aromatic nitrogens is 1. The van der Waals surface area contributed by atoms with Crippen molar-refractivity contribution in [3.63, 3.8) is 0 Å². The molecule has 6 heteroatoms. The van der Waals surface area contributed by atoms with Gasteiger partial charge in [0.25, 0.3) is 5.91 Å². The topological polar surface area (TPSA) is 49.6 Å². The van der Waals surface area contributed by atoms with Crippen molar-refractivity contribution >= 4 is 5.91 Å². The zero-order valence-electron chi connectivity index (χ0n) is 15.8. The van der Waals surface area contributed by atoms with E-state index in [9.17, 15) is 9.18 Å². The van der Waals surface area contributed by atoms with Crippen LogP contribution in [-0.4, -0.2) is 47.0 Å². The second-order valence-corrected chi connectivity index (χ2v) is 7.02. The number of aryl methyl sites for hydroxylation is 1. The Morgan fingerprint density at radius 1 is 1.04 bits per heavy atom. The number of rotatable bonds is 4. The van der Waals surface area contributed by atoms with Gasteiger partial charge in [-0.2, -0.15) is 0 Å². The summed E-state index contributed by atoms with van der Waals surface area (Å²) in [5.74, 6) is 0.0693. The number of carbonyl (C=O) groups is 1. The Labute approximate surface area is 163 Å². The summed E-state index contributed by atoms with van der Waals surface area (Å²) in [7, 11) is 0. The minimum atomic E-state index is -0.327. The van der Waals surface area contributed by atoms with Gasteiger partial charge in [0.1, 0.15) is 22.8 Å². The number of piperazine rings is 1. The van der Waals surface area contributed by atoms with Crippen LogP contribution < -0.4 is 0 Å².